The van der Waals surface area contributed by atoms with Crippen LogP contribution < -0.4 is 16.0 Å². The zero-order chi connectivity index (χ0) is 24.8. The molecule has 0 aliphatic rings. The van der Waals surface area contributed by atoms with E-state index in [1.807, 2.05) is 43.3 Å². The summed E-state index contributed by atoms with van der Waals surface area (Å²) in [5.41, 5.74) is 8.69. The third kappa shape index (κ3) is 5.46. The Kier molecular flexibility index (Phi) is 7.67. The molecule has 0 saturated carbocycles. The number of hydrogen-bond acceptors (Lipinski definition) is 6. The smallest absolute Gasteiger partial charge is 0.338 e. The molecular formula is C27H26ClN3O4. The molecule has 0 saturated heterocycles. The molecule has 2 heterocycles. The summed E-state index contributed by atoms with van der Waals surface area (Å²) >= 11 is 5.91. The SMILES string of the molecule is CCCn1c(=O)c(N)c(-c2cccc(OCCCOC(=O)c3cccc(Cl)c3)c2)c2cccnc21. The number of anilines is 1. The zero-order valence-electron chi connectivity index (χ0n) is 19.4. The molecule has 0 aliphatic heterocycles. The highest BCUT2D eigenvalue weighted by Crippen LogP contribution is 2.33. The first-order valence-corrected chi connectivity index (χ1v) is 11.8. The number of esters is 1. The Balaban J connectivity index is 1.46. The van der Waals surface area contributed by atoms with Crippen LogP contribution in [-0.4, -0.2) is 28.7 Å². The molecule has 0 aliphatic carbocycles. The Bertz CT molecular complexity index is 1420. The van der Waals surface area contributed by atoms with Crippen LogP contribution in [0.5, 0.6) is 5.75 Å². The average molecular weight is 492 g/mol. The quantitative estimate of drug-likeness (QED) is 0.251. The van der Waals surface area contributed by atoms with E-state index >= 15 is 0 Å². The standard InChI is InChI=1S/C27H26ClN3O4/c1-2-13-31-25-22(11-5-12-30-25)23(24(29)26(31)32)18-7-4-10-21(17-18)34-14-6-15-35-27(33)19-8-3-9-20(28)16-19/h3-5,7-12,16-17H,2,6,13-15,29H2,1H3. The van der Waals surface area contributed by atoms with Crippen LogP contribution in [0.4, 0.5) is 5.69 Å². The summed E-state index contributed by atoms with van der Waals surface area (Å²) in [7, 11) is 0. The van der Waals surface area contributed by atoms with E-state index in [4.69, 9.17) is 26.8 Å². The Hall–Kier alpha value is -3.84. The molecule has 0 unspecified atom stereocenters. The molecule has 0 atom stereocenters. The van der Waals surface area contributed by atoms with Gasteiger partial charge in [0.1, 0.15) is 17.1 Å². The minimum atomic E-state index is -0.428. The maximum atomic E-state index is 13.0. The summed E-state index contributed by atoms with van der Waals surface area (Å²) in [6.07, 6.45) is 2.98. The number of aromatic nitrogens is 2. The number of carbonyl (C=O) groups is 1. The number of halogens is 1. The average Bonchev–Trinajstić information content (AvgIpc) is 2.87. The number of aryl methyl sites for hydroxylation is 1. The number of hydrogen-bond donors (Lipinski definition) is 1. The molecule has 2 N–H and O–H groups in total. The molecule has 180 valence electrons. The van der Waals surface area contributed by atoms with Crippen molar-refractivity contribution in [2.75, 3.05) is 18.9 Å². The van der Waals surface area contributed by atoms with Gasteiger partial charge in [0.2, 0.25) is 0 Å². The zero-order valence-corrected chi connectivity index (χ0v) is 20.1. The molecule has 2 aromatic carbocycles. The number of nitrogen functional groups attached to an aromatic ring is 1. The van der Waals surface area contributed by atoms with Crippen molar-refractivity contribution in [1.29, 1.82) is 0 Å². The van der Waals surface area contributed by atoms with E-state index in [9.17, 15) is 9.59 Å². The molecule has 0 bridgehead atoms. The Morgan fingerprint density at radius 1 is 1.09 bits per heavy atom. The van der Waals surface area contributed by atoms with Gasteiger partial charge in [0, 0.05) is 35.1 Å². The number of carbonyl (C=O) groups excluding carboxylic acids is 1. The molecule has 35 heavy (non-hydrogen) atoms. The Labute approximate surface area is 208 Å². The number of benzene rings is 2. The van der Waals surface area contributed by atoms with Gasteiger partial charge in [0.25, 0.3) is 5.56 Å². The lowest BCUT2D eigenvalue weighted by Gasteiger charge is -2.15. The minimum Gasteiger partial charge on any atom is -0.493 e. The normalized spacial score (nSPS) is 10.9. The van der Waals surface area contributed by atoms with Crippen LogP contribution >= 0.6 is 11.6 Å². The highest BCUT2D eigenvalue weighted by Gasteiger charge is 2.17. The van der Waals surface area contributed by atoms with Crippen LogP contribution in [0.3, 0.4) is 0 Å². The van der Waals surface area contributed by atoms with Crippen molar-refractivity contribution in [2.24, 2.45) is 0 Å². The van der Waals surface area contributed by atoms with E-state index in [1.165, 1.54) is 0 Å². The third-order valence-corrected chi connectivity index (χ3v) is 5.71. The lowest BCUT2D eigenvalue weighted by atomic mass is 10.0. The topological polar surface area (TPSA) is 96.4 Å². The van der Waals surface area contributed by atoms with Crippen molar-refractivity contribution in [1.82, 2.24) is 9.55 Å². The fraction of sp³-hybridized carbons (Fsp3) is 0.222. The van der Waals surface area contributed by atoms with E-state index in [1.54, 1.807) is 35.0 Å². The summed E-state index contributed by atoms with van der Waals surface area (Å²) in [5.74, 6) is 0.195. The molecule has 7 nitrogen and oxygen atoms in total. The first-order valence-electron chi connectivity index (χ1n) is 11.4. The first-order chi connectivity index (χ1) is 17.0. The molecule has 0 fully saturated rings. The lowest BCUT2D eigenvalue weighted by Crippen LogP contribution is -2.25. The van der Waals surface area contributed by atoms with Gasteiger partial charge >= 0.3 is 5.97 Å². The lowest BCUT2D eigenvalue weighted by molar-refractivity contribution is 0.0486. The number of fused-ring (bicyclic) bond motifs is 1. The molecule has 4 rings (SSSR count). The van der Waals surface area contributed by atoms with Gasteiger partial charge in [-0.05, 0) is 54.4 Å². The van der Waals surface area contributed by atoms with Crippen LogP contribution in [0.15, 0.2) is 71.7 Å². The predicted octanol–water partition coefficient (Wildman–Crippen LogP) is 5.34. The largest absolute Gasteiger partial charge is 0.493 e. The van der Waals surface area contributed by atoms with Crippen molar-refractivity contribution < 1.29 is 14.3 Å². The predicted molar refractivity (Wildman–Crippen MR) is 138 cm³/mol. The number of ether oxygens (including phenoxy) is 2. The van der Waals surface area contributed by atoms with Crippen LogP contribution in [0.1, 0.15) is 30.1 Å². The number of rotatable bonds is 9. The summed E-state index contributed by atoms with van der Waals surface area (Å²) in [6.45, 7) is 3.11. The second-order valence-corrected chi connectivity index (χ2v) is 8.43. The number of nitrogens with two attached hydrogens (primary N) is 1. The highest BCUT2D eigenvalue weighted by molar-refractivity contribution is 6.30. The van der Waals surface area contributed by atoms with Crippen molar-refractivity contribution in [3.8, 4) is 16.9 Å². The Morgan fingerprint density at radius 2 is 1.91 bits per heavy atom. The number of pyridine rings is 2. The number of nitrogens with zero attached hydrogens (tertiary/aromatic N) is 2. The van der Waals surface area contributed by atoms with Crippen LogP contribution in [-0.2, 0) is 11.3 Å². The van der Waals surface area contributed by atoms with Crippen molar-refractivity contribution in [3.63, 3.8) is 0 Å². The minimum absolute atomic E-state index is 0.184. The highest BCUT2D eigenvalue weighted by atomic mass is 35.5. The van der Waals surface area contributed by atoms with Gasteiger partial charge in [-0.2, -0.15) is 0 Å². The fourth-order valence-electron chi connectivity index (χ4n) is 3.90. The molecule has 4 aromatic rings. The third-order valence-electron chi connectivity index (χ3n) is 5.48. The molecule has 0 amide bonds. The van der Waals surface area contributed by atoms with Gasteiger partial charge in [0.05, 0.1) is 18.8 Å². The second-order valence-electron chi connectivity index (χ2n) is 8.00. The molecule has 0 radical (unpaired) electrons. The second kappa shape index (κ2) is 11.1. The molecule has 0 spiro atoms. The molecular weight excluding hydrogens is 466 g/mol. The monoisotopic (exact) mass is 491 g/mol. The van der Waals surface area contributed by atoms with Gasteiger partial charge in [0.15, 0.2) is 0 Å². The maximum Gasteiger partial charge on any atom is 0.338 e. The van der Waals surface area contributed by atoms with Gasteiger partial charge in [-0.1, -0.05) is 36.7 Å². The van der Waals surface area contributed by atoms with Crippen molar-refractivity contribution >= 4 is 34.3 Å². The van der Waals surface area contributed by atoms with E-state index in [-0.39, 0.29) is 17.9 Å². The van der Waals surface area contributed by atoms with Crippen LogP contribution in [0, 0.1) is 0 Å². The summed E-state index contributed by atoms with van der Waals surface area (Å²) in [4.78, 5) is 29.5. The van der Waals surface area contributed by atoms with E-state index in [0.29, 0.717) is 47.1 Å². The Morgan fingerprint density at radius 3 is 2.71 bits per heavy atom. The summed E-state index contributed by atoms with van der Waals surface area (Å²) in [6, 6.07) is 17.8. The summed E-state index contributed by atoms with van der Waals surface area (Å²) in [5, 5.41) is 1.29. The molecule has 8 heteroatoms. The summed E-state index contributed by atoms with van der Waals surface area (Å²) < 4.78 is 12.8. The van der Waals surface area contributed by atoms with Gasteiger partial charge in [-0.25, -0.2) is 9.78 Å². The van der Waals surface area contributed by atoms with Crippen molar-refractivity contribution in [2.45, 2.75) is 26.3 Å². The van der Waals surface area contributed by atoms with Gasteiger partial charge < -0.3 is 15.2 Å². The first kappa shape index (κ1) is 24.3. The van der Waals surface area contributed by atoms with Gasteiger partial charge in [-0.15, -0.1) is 0 Å². The van der Waals surface area contributed by atoms with Crippen LogP contribution in [0.2, 0.25) is 5.02 Å². The van der Waals surface area contributed by atoms with E-state index in [2.05, 4.69) is 4.98 Å². The van der Waals surface area contributed by atoms with E-state index in [0.717, 1.165) is 17.4 Å². The fourth-order valence-corrected chi connectivity index (χ4v) is 4.09. The molecule has 2 aromatic heterocycles. The van der Waals surface area contributed by atoms with Crippen LogP contribution in [0.25, 0.3) is 22.2 Å². The van der Waals surface area contributed by atoms with Crippen molar-refractivity contribution in [3.05, 3.63) is 87.8 Å². The van der Waals surface area contributed by atoms with Gasteiger partial charge in [-0.3, -0.25) is 9.36 Å². The maximum absolute atomic E-state index is 13.0. The van der Waals surface area contributed by atoms with E-state index < -0.39 is 5.97 Å².